The zero-order chi connectivity index (χ0) is 14.5. The van der Waals surface area contributed by atoms with Crippen LogP contribution in [-0.2, 0) is 11.3 Å². The van der Waals surface area contributed by atoms with Crippen molar-refractivity contribution in [2.24, 2.45) is 0 Å². The highest BCUT2D eigenvalue weighted by Crippen LogP contribution is 2.20. The summed E-state index contributed by atoms with van der Waals surface area (Å²) in [5.74, 6) is -0.0983. The van der Waals surface area contributed by atoms with Gasteiger partial charge in [-0.2, -0.15) is 0 Å². The van der Waals surface area contributed by atoms with E-state index in [9.17, 15) is 4.79 Å². The number of nitrogens with zero attached hydrogens (tertiary/aromatic N) is 1. The zero-order valence-corrected chi connectivity index (χ0v) is 12.3. The van der Waals surface area contributed by atoms with Crippen LogP contribution in [0.25, 0.3) is 0 Å². The summed E-state index contributed by atoms with van der Waals surface area (Å²) < 4.78 is 1.92. The molecule has 0 bridgehead atoms. The van der Waals surface area contributed by atoms with Crippen molar-refractivity contribution < 1.29 is 4.79 Å². The topological polar surface area (TPSA) is 46.1 Å². The van der Waals surface area contributed by atoms with Gasteiger partial charge in [0.15, 0.2) is 0 Å². The Morgan fingerprint density at radius 1 is 1.30 bits per heavy atom. The molecule has 2 aromatic rings. The van der Waals surface area contributed by atoms with Crippen LogP contribution in [0, 0.1) is 0 Å². The van der Waals surface area contributed by atoms with E-state index in [1.807, 2.05) is 42.1 Å². The molecule has 2 N–H and O–H groups in total. The molecule has 0 fully saturated rings. The smallest absolute Gasteiger partial charge is 0.244 e. The number of carbonyl (C=O) groups excluding carboxylic acids is 1. The molecule has 0 radical (unpaired) electrons. The lowest BCUT2D eigenvalue weighted by atomic mass is 10.2. The fourth-order valence-corrected chi connectivity index (χ4v) is 2.20. The third kappa shape index (κ3) is 3.40. The summed E-state index contributed by atoms with van der Waals surface area (Å²) in [6.45, 7) is 2.32. The molecule has 0 saturated carbocycles. The minimum atomic E-state index is -0.0983. The molecule has 0 saturated heterocycles. The van der Waals surface area contributed by atoms with Gasteiger partial charge in [0, 0.05) is 17.9 Å². The number of anilines is 1. The molecule has 1 heterocycles. The second-order valence-electron chi connectivity index (χ2n) is 4.60. The minimum absolute atomic E-state index is 0.0983. The predicted molar refractivity (Wildman–Crippen MR) is 82.0 cm³/mol. The standard InChI is InChI=1S/C15H18ClN3O/c1-11(17-2)14-8-5-9-19(14)10-15(20)18-13-7-4-3-6-12(13)16/h3-9,11,17H,10H2,1-2H3,(H,18,20). The third-order valence-corrected chi connectivity index (χ3v) is 3.53. The van der Waals surface area contributed by atoms with Gasteiger partial charge in [-0.1, -0.05) is 23.7 Å². The van der Waals surface area contributed by atoms with Gasteiger partial charge >= 0.3 is 0 Å². The van der Waals surface area contributed by atoms with Gasteiger partial charge in [-0.3, -0.25) is 4.79 Å². The van der Waals surface area contributed by atoms with Crippen LogP contribution >= 0.6 is 11.6 Å². The lowest BCUT2D eigenvalue weighted by molar-refractivity contribution is -0.116. The molecule has 0 aliphatic carbocycles. The molecule has 0 aliphatic rings. The van der Waals surface area contributed by atoms with Gasteiger partial charge in [-0.05, 0) is 38.2 Å². The Labute approximate surface area is 123 Å². The van der Waals surface area contributed by atoms with Crippen molar-refractivity contribution in [3.63, 3.8) is 0 Å². The Bertz CT molecular complexity index is 594. The van der Waals surface area contributed by atoms with Crippen molar-refractivity contribution in [2.75, 3.05) is 12.4 Å². The fourth-order valence-electron chi connectivity index (χ4n) is 2.02. The molecular weight excluding hydrogens is 274 g/mol. The van der Waals surface area contributed by atoms with E-state index in [2.05, 4.69) is 17.6 Å². The minimum Gasteiger partial charge on any atom is -0.341 e. The maximum atomic E-state index is 12.1. The maximum Gasteiger partial charge on any atom is 0.244 e. The summed E-state index contributed by atoms with van der Waals surface area (Å²) in [6.07, 6.45) is 1.90. The van der Waals surface area contributed by atoms with Gasteiger partial charge in [0.1, 0.15) is 6.54 Å². The molecule has 106 valence electrons. The van der Waals surface area contributed by atoms with Crippen LogP contribution in [-0.4, -0.2) is 17.5 Å². The van der Waals surface area contributed by atoms with Gasteiger partial charge in [-0.25, -0.2) is 0 Å². The van der Waals surface area contributed by atoms with Gasteiger partial charge in [-0.15, -0.1) is 0 Å². The molecular formula is C15H18ClN3O. The van der Waals surface area contributed by atoms with Crippen LogP contribution in [0.1, 0.15) is 18.7 Å². The predicted octanol–water partition coefficient (Wildman–Crippen LogP) is 3.06. The van der Waals surface area contributed by atoms with E-state index in [0.717, 1.165) is 5.69 Å². The molecule has 1 atom stereocenters. The SMILES string of the molecule is CNC(C)c1cccn1CC(=O)Nc1ccccc1Cl. The second-order valence-corrected chi connectivity index (χ2v) is 5.01. The number of rotatable bonds is 5. The van der Waals surface area contributed by atoms with E-state index in [4.69, 9.17) is 11.6 Å². The largest absolute Gasteiger partial charge is 0.341 e. The lowest BCUT2D eigenvalue weighted by Crippen LogP contribution is -2.22. The van der Waals surface area contributed by atoms with Crippen LogP contribution in [0.15, 0.2) is 42.6 Å². The summed E-state index contributed by atoms with van der Waals surface area (Å²) in [4.78, 5) is 12.1. The quantitative estimate of drug-likeness (QED) is 0.889. The van der Waals surface area contributed by atoms with Crippen LogP contribution < -0.4 is 10.6 Å². The zero-order valence-electron chi connectivity index (χ0n) is 11.6. The van der Waals surface area contributed by atoms with Crippen molar-refractivity contribution in [1.82, 2.24) is 9.88 Å². The number of carbonyl (C=O) groups is 1. The number of aromatic nitrogens is 1. The highest BCUT2D eigenvalue weighted by Gasteiger charge is 2.11. The number of benzene rings is 1. The summed E-state index contributed by atoms with van der Waals surface area (Å²) >= 11 is 6.02. The Balaban J connectivity index is 2.06. The van der Waals surface area contributed by atoms with E-state index in [1.54, 1.807) is 12.1 Å². The average Bonchev–Trinajstić information content (AvgIpc) is 2.88. The van der Waals surface area contributed by atoms with Crippen LogP contribution in [0.5, 0.6) is 0 Å². The van der Waals surface area contributed by atoms with Gasteiger partial charge in [0.2, 0.25) is 5.91 Å². The number of amides is 1. The Kier molecular flexibility index (Phi) is 4.82. The molecule has 0 spiro atoms. The van der Waals surface area contributed by atoms with Gasteiger partial charge < -0.3 is 15.2 Å². The summed E-state index contributed by atoms with van der Waals surface area (Å²) in [6, 6.07) is 11.3. The Hall–Kier alpha value is -1.78. The van der Waals surface area contributed by atoms with E-state index < -0.39 is 0 Å². The van der Waals surface area contributed by atoms with E-state index >= 15 is 0 Å². The van der Waals surface area contributed by atoms with E-state index in [1.165, 1.54) is 0 Å². The maximum absolute atomic E-state index is 12.1. The molecule has 0 aliphatic heterocycles. The summed E-state index contributed by atoms with van der Waals surface area (Å²) in [7, 11) is 1.89. The first-order valence-corrected chi connectivity index (χ1v) is 6.86. The first-order chi connectivity index (χ1) is 9.61. The highest BCUT2D eigenvalue weighted by molar-refractivity contribution is 6.33. The number of nitrogens with one attached hydrogen (secondary N) is 2. The number of halogens is 1. The molecule has 4 nitrogen and oxygen atoms in total. The first-order valence-electron chi connectivity index (χ1n) is 6.48. The Morgan fingerprint density at radius 2 is 2.05 bits per heavy atom. The van der Waals surface area contributed by atoms with Crippen molar-refractivity contribution >= 4 is 23.2 Å². The van der Waals surface area contributed by atoms with Crippen molar-refractivity contribution in [1.29, 1.82) is 0 Å². The molecule has 2 rings (SSSR count). The van der Waals surface area contributed by atoms with E-state index in [0.29, 0.717) is 10.7 Å². The molecule has 1 aromatic carbocycles. The Morgan fingerprint density at radius 3 is 2.75 bits per heavy atom. The normalized spacial score (nSPS) is 12.2. The number of para-hydroxylation sites is 1. The number of hydrogen-bond acceptors (Lipinski definition) is 2. The molecule has 1 aromatic heterocycles. The monoisotopic (exact) mass is 291 g/mol. The first kappa shape index (κ1) is 14.6. The van der Waals surface area contributed by atoms with Crippen LogP contribution in [0.3, 0.4) is 0 Å². The van der Waals surface area contributed by atoms with Crippen molar-refractivity contribution in [3.8, 4) is 0 Å². The van der Waals surface area contributed by atoms with Gasteiger partial charge in [0.25, 0.3) is 0 Å². The molecule has 1 amide bonds. The van der Waals surface area contributed by atoms with Crippen LogP contribution in [0.4, 0.5) is 5.69 Å². The van der Waals surface area contributed by atoms with E-state index in [-0.39, 0.29) is 18.5 Å². The molecule has 20 heavy (non-hydrogen) atoms. The third-order valence-electron chi connectivity index (χ3n) is 3.20. The number of hydrogen-bond donors (Lipinski definition) is 2. The van der Waals surface area contributed by atoms with Crippen molar-refractivity contribution in [2.45, 2.75) is 19.5 Å². The molecule has 5 heteroatoms. The van der Waals surface area contributed by atoms with Crippen molar-refractivity contribution in [3.05, 3.63) is 53.3 Å². The van der Waals surface area contributed by atoms with Crippen LogP contribution in [0.2, 0.25) is 5.02 Å². The second kappa shape index (κ2) is 6.59. The summed E-state index contributed by atoms with van der Waals surface area (Å²) in [5, 5.41) is 6.53. The van der Waals surface area contributed by atoms with Gasteiger partial charge in [0.05, 0.1) is 10.7 Å². The lowest BCUT2D eigenvalue weighted by Gasteiger charge is -2.15. The highest BCUT2D eigenvalue weighted by atomic mass is 35.5. The molecule has 1 unspecified atom stereocenters. The fraction of sp³-hybridized carbons (Fsp3) is 0.267. The average molecular weight is 292 g/mol. The summed E-state index contributed by atoms with van der Waals surface area (Å²) in [5.41, 5.74) is 1.70.